The first-order chi connectivity index (χ1) is 7.61. The molecule has 1 fully saturated rings. The molecule has 2 nitrogen and oxygen atoms in total. The topological polar surface area (TPSA) is 20.3 Å². The van der Waals surface area contributed by atoms with Crippen LogP contribution in [0.15, 0.2) is 18.2 Å². The number of hydrogen-bond acceptors (Lipinski definition) is 1. The van der Waals surface area contributed by atoms with Gasteiger partial charge in [-0.15, -0.1) is 0 Å². The summed E-state index contributed by atoms with van der Waals surface area (Å²) in [7, 11) is 0. The number of halogens is 3. The summed E-state index contributed by atoms with van der Waals surface area (Å²) >= 11 is 3.20. The van der Waals surface area contributed by atoms with Crippen LogP contribution in [0, 0.1) is 11.6 Å². The number of alkyl halides is 1. The van der Waals surface area contributed by atoms with Gasteiger partial charge in [0.2, 0.25) is 5.91 Å². The van der Waals surface area contributed by atoms with Gasteiger partial charge >= 0.3 is 0 Å². The summed E-state index contributed by atoms with van der Waals surface area (Å²) in [5, 5.41) is 0. The van der Waals surface area contributed by atoms with Gasteiger partial charge in [0.05, 0.1) is 4.83 Å². The molecule has 0 spiro atoms. The van der Waals surface area contributed by atoms with E-state index in [2.05, 4.69) is 15.9 Å². The maximum Gasteiger partial charge on any atom is 0.240 e. The van der Waals surface area contributed by atoms with Crippen LogP contribution >= 0.6 is 15.9 Å². The van der Waals surface area contributed by atoms with Crippen LogP contribution in [0.5, 0.6) is 0 Å². The summed E-state index contributed by atoms with van der Waals surface area (Å²) < 4.78 is 27.0. The third kappa shape index (κ3) is 1.96. The highest BCUT2D eigenvalue weighted by Crippen LogP contribution is 2.28. The second-order valence-corrected chi connectivity index (χ2v) is 4.78. The fourth-order valence-electron chi connectivity index (χ4n) is 1.80. The lowest BCUT2D eigenvalue weighted by molar-refractivity contribution is -0.118. The van der Waals surface area contributed by atoms with Crippen molar-refractivity contribution in [3.8, 4) is 0 Å². The first-order valence-electron chi connectivity index (χ1n) is 5.00. The van der Waals surface area contributed by atoms with Crippen LogP contribution in [0.4, 0.5) is 14.5 Å². The molecule has 86 valence electrons. The highest BCUT2D eigenvalue weighted by molar-refractivity contribution is 9.10. The summed E-state index contributed by atoms with van der Waals surface area (Å²) in [4.78, 5) is 12.6. The maximum absolute atomic E-state index is 13.5. The van der Waals surface area contributed by atoms with Crippen LogP contribution < -0.4 is 4.90 Å². The Hall–Kier alpha value is -0.970. The van der Waals surface area contributed by atoms with Crippen molar-refractivity contribution in [3.05, 3.63) is 29.8 Å². The fourth-order valence-corrected chi connectivity index (χ4v) is 2.37. The molecule has 0 bridgehead atoms. The number of carbonyl (C=O) groups excluding carboxylic acids is 1. The average Bonchev–Trinajstić information content (AvgIpc) is 2.24. The lowest BCUT2D eigenvalue weighted by atomic mass is 10.1. The van der Waals surface area contributed by atoms with E-state index in [0.29, 0.717) is 13.0 Å². The summed E-state index contributed by atoms with van der Waals surface area (Å²) in [5.74, 6) is -1.68. The molecule has 2 rings (SSSR count). The molecule has 1 amide bonds. The molecule has 0 radical (unpaired) electrons. The number of para-hydroxylation sites is 1. The molecule has 1 atom stereocenters. The van der Waals surface area contributed by atoms with Crippen molar-refractivity contribution in [2.24, 2.45) is 0 Å². The monoisotopic (exact) mass is 289 g/mol. The van der Waals surface area contributed by atoms with Crippen molar-refractivity contribution in [1.29, 1.82) is 0 Å². The standard InChI is InChI=1S/C11H10BrF2NO/c12-7-3-2-6-15(11(7)16)10-8(13)4-1-5-9(10)14/h1,4-5,7H,2-3,6H2. The predicted octanol–water partition coefficient (Wildman–Crippen LogP) is 2.86. The van der Waals surface area contributed by atoms with E-state index in [9.17, 15) is 13.6 Å². The van der Waals surface area contributed by atoms with Crippen LogP contribution in [-0.2, 0) is 4.79 Å². The first kappa shape index (κ1) is 11.5. The van der Waals surface area contributed by atoms with Gasteiger partial charge in [-0.05, 0) is 25.0 Å². The Bertz CT molecular complexity index is 404. The van der Waals surface area contributed by atoms with E-state index in [1.54, 1.807) is 0 Å². The Morgan fingerprint density at radius 1 is 1.31 bits per heavy atom. The Labute approximate surface area is 100 Å². The van der Waals surface area contributed by atoms with E-state index in [4.69, 9.17) is 0 Å². The number of benzene rings is 1. The number of anilines is 1. The molecule has 5 heteroatoms. The molecule has 1 aromatic rings. The van der Waals surface area contributed by atoms with Crippen molar-refractivity contribution in [1.82, 2.24) is 0 Å². The van der Waals surface area contributed by atoms with E-state index in [0.717, 1.165) is 18.6 Å². The molecule has 1 saturated heterocycles. The molecule has 0 saturated carbocycles. The second kappa shape index (κ2) is 4.49. The Kier molecular flexibility index (Phi) is 3.23. The lowest BCUT2D eigenvalue weighted by Crippen LogP contribution is -2.42. The van der Waals surface area contributed by atoms with Gasteiger partial charge in [0, 0.05) is 6.54 Å². The van der Waals surface area contributed by atoms with Crippen molar-refractivity contribution < 1.29 is 13.6 Å². The van der Waals surface area contributed by atoms with Crippen molar-refractivity contribution in [2.75, 3.05) is 11.4 Å². The van der Waals surface area contributed by atoms with Gasteiger partial charge in [0.15, 0.2) is 0 Å². The van der Waals surface area contributed by atoms with E-state index in [1.165, 1.54) is 11.0 Å². The Morgan fingerprint density at radius 3 is 2.56 bits per heavy atom. The lowest BCUT2D eigenvalue weighted by Gasteiger charge is -2.30. The molecule has 16 heavy (non-hydrogen) atoms. The van der Waals surface area contributed by atoms with Crippen LogP contribution in [0.25, 0.3) is 0 Å². The van der Waals surface area contributed by atoms with E-state index in [-0.39, 0.29) is 16.4 Å². The van der Waals surface area contributed by atoms with Gasteiger partial charge in [-0.25, -0.2) is 8.78 Å². The highest BCUT2D eigenvalue weighted by Gasteiger charge is 2.30. The SMILES string of the molecule is O=C1C(Br)CCCN1c1c(F)cccc1F. The van der Waals surface area contributed by atoms with Gasteiger partial charge in [-0.2, -0.15) is 0 Å². The van der Waals surface area contributed by atoms with Crippen molar-refractivity contribution >= 4 is 27.5 Å². The highest BCUT2D eigenvalue weighted by atomic mass is 79.9. The largest absolute Gasteiger partial charge is 0.306 e. The second-order valence-electron chi connectivity index (χ2n) is 3.67. The number of hydrogen-bond donors (Lipinski definition) is 0. The normalized spacial score (nSPS) is 21.3. The smallest absolute Gasteiger partial charge is 0.240 e. The van der Waals surface area contributed by atoms with Crippen LogP contribution in [-0.4, -0.2) is 17.3 Å². The van der Waals surface area contributed by atoms with Gasteiger partial charge in [-0.3, -0.25) is 4.79 Å². The predicted molar refractivity (Wildman–Crippen MR) is 60.7 cm³/mol. The molecule has 1 aromatic carbocycles. The number of piperidine rings is 1. The molecule has 1 heterocycles. The third-order valence-electron chi connectivity index (χ3n) is 2.58. The zero-order valence-corrected chi connectivity index (χ0v) is 10.0. The minimum absolute atomic E-state index is 0.239. The van der Waals surface area contributed by atoms with Gasteiger partial charge in [-0.1, -0.05) is 22.0 Å². The van der Waals surface area contributed by atoms with Crippen molar-refractivity contribution in [3.63, 3.8) is 0 Å². The van der Waals surface area contributed by atoms with Crippen molar-refractivity contribution in [2.45, 2.75) is 17.7 Å². The molecule has 0 aliphatic carbocycles. The zero-order chi connectivity index (χ0) is 11.7. The molecule has 1 aliphatic heterocycles. The van der Waals surface area contributed by atoms with Crippen LogP contribution in [0.2, 0.25) is 0 Å². The van der Waals surface area contributed by atoms with Gasteiger partial charge in [0.1, 0.15) is 17.3 Å². The molecule has 0 N–H and O–H groups in total. The zero-order valence-electron chi connectivity index (χ0n) is 8.42. The van der Waals surface area contributed by atoms with Crippen LogP contribution in [0.3, 0.4) is 0 Å². The van der Waals surface area contributed by atoms with E-state index >= 15 is 0 Å². The molecular formula is C11H10BrF2NO. The summed E-state index contributed by atoms with van der Waals surface area (Å²) in [6.45, 7) is 0.360. The number of rotatable bonds is 1. The minimum atomic E-state index is -0.699. The minimum Gasteiger partial charge on any atom is -0.306 e. The molecule has 1 aliphatic rings. The van der Waals surface area contributed by atoms with Gasteiger partial charge < -0.3 is 4.90 Å². The average molecular weight is 290 g/mol. The maximum atomic E-state index is 13.5. The Balaban J connectivity index is 2.40. The Morgan fingerprint density at radius 2 is 1.94 bits per heavy atom. The molecule has 0 aromatic heterocycles. The van der Waals surface area contributed by atoms with E-state index < -0.39 is 11.6 Å². The van der Waals surface area contributed by atoms with Gasteiger partial charge in [0.25, 0.3) is 0 Å². The molecular weight excluding hydrogens is 280 g/mol. The number of carbonyl (C=O) groups is 1. The fraction of sp³-hybridized carbons (Fsp3) is 0.364. The molecule has 1 unspecified atom stereocenters. The van der Waals surface area contributed by atoms with Crippen LogP contribution in [0.1, 0.15) is 12.8 Å². The summed E-state index contributed by atoms with van der Waals surface area (Å²) in [6, 6.07) is 3.60. The number of amides is 1. The third-order valence-corrected chi connectivity index (χ3v) is 3.43. The van der Waals surface area contributed by atoms with E-state index in [1.807, 2.05) is 0 Å². The summed E-state index contributed by atoms with van der Waals surface area (Å²) in [6.07, 6.45) is 1.43. The summed E-state index contributed by atoms with van der Waals surface area (Å²) in [5.41, 5.74) is -0.239. The first-order valence-corrected chi connectivity index (χ1v) is 5.92. The number of nitrogens with zero attached hydrogens (tertiary/aromatic N) is 1. The quantitative estimate of drug-likeness (QED) is 0.728.